The molecule has 4 fully saturated rings. The summed E-state index contributed by atoms with van der Waals surface area (Å²) >= 11 is 0. The number of hydrogen-bond donors (Lipinski definition) is 0. The van der Waals surface area contributed by atoms with Crippen molar-refractivity contribution in [2.24, 2.45) is 0 Å². The number of amides is 3. The zero-order chi connectivity index (χ0) is 25.4. The van der Waals surface area contributed by atoms with E-state index in [0.717, 1.165) is 44.9 Å². The van der Waals surface area contributed by atoms with E-state index in [1.165, 1.54) is 18.7 Å². The number of hydrogen-bond acceptors (Lipinski definition) is 6. The average Bonchev–Trinajstić information content (AvgIpc) is 3.57. The Balaban J connectivity index is 1.45. The van der Waals surface area contributed by atoms with Gasteiger partial charge in [-0.3, -0.25) is 19.3 Å². The summed E-state index contributed by atoms with van der Waals surface area (Å²) in [7, 11) is 0. The van der Waals surface area contributed by atoms with Crippen LogP contribution in [0.1, 0.15) is 69.9 Å². The van der Waals surface area contributed by atoms with Gasteiger partial charge in [0.2, 0.25) is 23.0 Å². The van der Waals surface area contributed by atoms with E-state index in [-0.39, 0.29) is 5.91 Å². The first-order chi connectivity index (χ1) is 17.8. The van der Waals surface area contributed by atoms with Crippen molar-refractivity contribution in [1.29, 1.82) is 0 Å². The molecular formula is C29H28N2O6. The fourth-order valence-electron chi connectivity index (χ4n) is 8.12. The quantitative estimate of drug-likeness (QED) is 0.544. The number of para-hydroxylation sites is 2. The van der Waals surface area contributed by atoms with Crippen LogP contribution >= 0.6 is 0 Å². The predicted octanol–water partition coefficient (Wildman–Crippen LogP) is 4.00. The van der Waals surface area contributed by atoms with Crippen LogP contribution in [0, 0.1) is 0 Å². The molecule has 2 saturated heterocycles. The van der Waals surface area contributed by atoms with Gasteiger partial charge in [-0.25, -0.2) is 4.90 Å². The lowest BCUT2D eigenvalue weighted by Crippen LogP contribution is -2.89. The number of ether oxygens (including phenoxy) is 3. The fourth-order valence-corrected chi connectivity index (χ4v) is 8.12. The first kappa shape index (κ1) is 22.0. The Labute approximate surface area is 214 Å². The van der Waals surface area contributed by atoms with Crippen molar-refractivity contribution in [3.63, 3.8) is 0 Å². The molecule has 8 nitrogen and oxygen atoms in total. The van der Waals surface area contributed by atoms with E-state index in [4.69, 9.17) is 14.2 Å². The molecule has 0 bridgehead atoms. The second-order valence-electron chi connectivity index (χ2n) is 11.3. The molecule has 4 heterocycles. The molecule has 3 amide bonds. The van der Waals surface area contributed by atoms with Crippen molar-refractivity contribution >= 4 is 29.1 Å². The number of fused-ring (bicyclic) bond motifs is 4. The van der Waals surface area contributed by atoms with Crippen molar-refractivity contribution in [2.45, 2.75) is 87.1 Å². The summed E-state index contributed by atoms with van der Waals surface area (Å²) in [5, 5.41) is 0. The van der Waals surface area contributed by atoms with E-state index < -0.39 is 40.1 Å². The Morgan fingerprint density at radius 1 is 0.730 bits per heavy atom. The molecule has 37 heavy (non-hydrogen) atoms. The lowest BCUT2D eigenvalue weighted by molar-refractivity contribution is -0.552. The summed E-state index contributed by atoms with van der Waals surface area (Å²) < 4.78 is 21.4. The van der Waals surface area contributed by atoms with Crippen molar-refractivity contribution < 1.29 is 28.6 Å². The van der Waals surface area contributed by atoms with Crippen LogP contribution in [-0.4, -0.2) is 34.8 Å². The second-order valence-corrected chi connectivity index (χ2v) is 11.3. The van der Waals surface area contributed by atoms with E-state index in [2.05, 4.69) is 0 Å². The number of imide groups is 1. The van der Waals surface area contributed by atoms with E-state index in [1.54, 1.807) is 17.0 Å². The van der Waals surface area contributed by atoms with Crippen molar-refractivity contribution in [3.05, 3.63) is 59.7 Å². The molecule has 2 saturated carbocycles. The molecule has 3 atom stereocenters. The molecule has 6 aliphatic rings. The summed E-state index contributed by atoms with van der Waals surface area (Å²) in [6.45, 7) is 2.86. The number of benzene rings is 2. The van der Waals surface area contributed by atoms with Crippen LogP contribution in [0.4, 0.5) is 11.4 Å². The number of carbonyl (C=O) groups is 3. The number of anilines is 2. The first-order valence-electron chi connectivity index (χ1n) is 13.2. The van der Waals surface area contributed by atoms with Crippen LogP contribution in [0.5, 0.6) is 0 Å². The summed E-state index contributed by atoms with van der Waals surface area (Å²) in [6.07, 6.45) is 6.39. The van der Waals surface area contributed by atoms with Gasteiger partial charge >= 0.3 is 0 Å². The van der Waals surface area contributed by atoms with Crippen LogP contribution in [0.3, 0.4) is 0 Å². The molecule has 3 spiro atoms. The minimum absolute atomic E-state index is 0.257. The third-order valence-corrected chi connectivity index (χ3v) is 9.59. The predicted molar refractivity (Wildman–Crippen MR) is 131 cm³/mol. The molecule has 1 unspecified atom stereocenters. The normalized spacial score (nSPS) is 35.1. The third-order valence-electron chi connectivity index (χ3n) is 9.59. The maximum absolute atomic E-state index is 14.4. The van der Waals surface area contributed by atoms with Crippen LogP contribution in [0.2, 0.25) is 0 Å². The van der Waals surface area contributed by atoms with Gasteiger partial charge in [-0.15, -0.1) is 0 Å². The fraction of sp³-hybridized carbons (Fsp3) is 0.483. The minimum atomic E-state index is -1.67. The highest BCUT2D eigenvalue weighted by atomic mass is 16.8. The van der Waals surface area contributed by atoms with Gasteiger partial charge in [0, 0.05) is 25.0 Å². The maximum Gasteiger partial charge on any atom is 0.299 e. The summed E-state index contributed by atoms with van der Waals surface area (Å²) in [6, 6.07) is 14.7. The van der Waals surface area contributed by atoms with Gasteiger partial charge in [-0.1, -0.05) is 55.7 Å². The van der Waals surface area contributed by atoms with Gasteiger partial charge in [0.15, 0.2) is 0 Å². The van der Waals surface area contributed by atoms with Gasteiger partial charge < -0.3 is 14.2 Å². The van der Waals surface area contributed by atoms with Gasteiger partial charge in [0.1, 0.15) is 5.60 Å². The molecule has 2 aromatic carbocycles. The average molecular weight is 501 g/mol. The second kappa shape index (κ2) is 6.49. The maximum atomic E-state index is 14.4. The Kier molecular flexibility index (Phi) is 3.85. The van der Waals surface area contributed by atoms with Crippen LogP contribution in [0.15, 0.2) is 48.5 Å². The van der Waals surface area contributed by atoms with E-state index >= 15 is 0 Å². The largest absolute Gasteiger partial charge is 0.349 e. The Hall–Kier alpha value is -3.07. The summed E-state index contributed by atoms with van der Waals surface area (Å²) in [5.74, 6) is -2.81. The smallest absolute Gasteiger partial charge is 0.299 e. The minimum Gasteiger partial charge on any atom is -0.349 e. The highest BCUT2D eigenvalue weighted by molar-refractivity contribution is 6.23. The molecule has 4 aliphatic heterocycles. The van der Waals surface area contributed by atoms with Crippen LogP contribution in [0.25, 0.3) is 0 Å². The number of carbonyl (C=O) groups excluding carboxylic acids is 3. The van der Waals surface area contributed by atoms with Crippen LogP contribution in [-0.2, 0) is 39.8 Å². The molecule has 190 valence electrons. The molecule has 0 radical (unpaired) electrons. The van der Waals surface area contributed by atoms with Crippen LogP contribution < -0.4 is 9.80 Å². The molecule has 8 rings (SSSR count). The topological polar surface area (TPSA) is 85.4 Å². The highest BCUT2D eigenvalue weighted by Crippen LogP contribution is 2.80. The van der Waals surface area contributed by atoms with Gasteiger partial charge in [-0.2, -0.15) is 0 Å². The summed E-state index contributed by atoms with van der Waals surface area (Å²) in [4.78, 5) is 43.3. The summed E-state index contributed by atoms with van der Waals surface area (Å²) in [5.41, 5.74) is -1.97. The van der Waals surface area contributed by atoms with Crippen molar-refractivity contribution in [1.82, 2.24) is 0 Å². The molecule has 2 aromatic rings. The molecule has 8 heteroatoms. The van der Waals surface area contributed by atoms with E-state index in [0.29, 0.717) is 22.5 Å². The zero-order valence-electron chi connectivity index (χ0n) is 20.9. The van der Waals surface area contributed by atoms with Gasteiger partial charge in [-0.05, 0) is 37.8 Å². The molecule has 2 aliphatic carbocycles. The monoisotopic (exact) mass is 500 g/mol. The Bertz CT molecular complexity index is 1430. The number of nitrogens with zero attached hydrogens (tertiary/aromatic N) is 2. The van der Waals surface area contributed by atoms with Gasteiger partial charge in [0.25, 0.3) is 11.8 Å². The lowest BCUT2D eigenvalue weighted by Gasteiger charge is -2.71. The van der Waals surface area contributed by atoms with Crippen molar-refractivity contribution in [2.75, 3.05) is 9.80 Å². The zero-order valence-corrected chi connectivity index (χ0v) is 20.9. The molecule has 0 aromatic heterocycles. The standard InChI is InChI=1S/C29H28N2O6/c1-18(32)30-22-12-6-4-10-20(22)27(24(30)34)28-21-11-5-7-13-23(21)31(19(2)33)29(28,37-27)36-25(14-8-3-9-15-25)26(35-28)16-17-26/h4-7,10-13H,3,8-9,14-17H2,1-2H3/t27-,28?,29+/m0/s1. The SMILES string of the molecule is CC(=O)N1C(=O)[C@@]2(O[C@]34OC5(CCCCC5)C5(CC5)OC32c2ccccc2N4C(C)=O)c2ccccc21. The van der Waals surface area contributed by atoms with E-state index in [1.807, 2.05) is 36.4 Å². The van der Waals surface area contributed by atoms with E-state index in [9.17, 15) is 14.4 Å². The molecule has 0 N–H and O–H groups in total. The molecular weight excluding hydrogens is 472 g/mol. The van der Waals surface area contributed by atoms with Gasteiger partial charge in [0.05, 0.1) is 17.0 Å². The van der Waals surface area contributed by atoms with Crippen molar-refractivity contribution in [3.8, 4) is 0 Å². The highest BCUT2D eigenvalue weighted by Gasteiger charge is 2.96. The lowest BCUT2D eigenvalue weighted by atomic mass is 9.64. The third kappa shape index (κ3) is 2.08. The Morgan fingerprint density at radius 3 is 2.00 bits per heavy atom. The number of rotatable bonds is 0. The Morgan fingerprint density at radius 2 is 1.35 bits per heavy atom. The first-order valence-corrected chi connectivity index (χ1v) is 13.2.